The van der Waals surface area contributed by atoms with Gasteiger partial charge in [-0.2, -0.15) is 0 Å². The number of carbonyl (C=O) groups is 3. The van der Waals surface area contributed by atoms with Gasteiger partial charge in [0.1, 0.15) is 12.1 Å². The molecule has 0 aromatic heterocycles. The number of amides is 2. The Balaban J connectivity index is 0.000000176. The molecule has 4 unspecified atom stereocenters. The molecule has 0 bridgehead atoms. The molecule has 3 aliphatic heterocycles. The molecule has 0 spiro atoms. The van der Waals surface area contributed by atoms with E-state index in [1.165, 1.54) is 6.07 Å². The van der Waals surface area contributed by atoms with E-state index in [0.29, 0.717) is 45.3 Å². The zero-order valence-electron chi connectivity index (χ0n) is 21.2. The first-order valence-electron chi connectivity index (χ1n) is 12.3. The fraction of sp³-hybridized carbons (Fsp3) is 0.250. The van der Waals surface area contributed by atoms with Crippen molar-refractivity contribution in [3.05, 3.63) is 82.9 Å². The fourth-order valence-electron chi connectivity index (χ4n) is 4.53. The van der Waals surface area contributed by atoms with Gasteiger partial charge in [0.2, 0.25) is 13.6 Å². The van der Waals surface area contributed by atoms with Gasteiger partial charge in [-0.1, -0.05) is 24.3 Å². The monoisotopic (exact) mass is 550 g/mol. The number of aliphatic carboxylic acids is 1. The summed E-state index contributed by atoms with van der Waals surface area (Å²) in [5.74, 6) is 0.172. The van der Waals surface area contributed by atoms with Gasteiger partial charge in [0.05, 0.1) is 23.3 Å². The summed E-state index contributed by atoms with van der Waals surface area (Å²) in [4.78, 5) is 36.8. The molecule has 0 radical (unpaired) electrons. The normalized spacial score (nSPS) is 17.4. The molecule has 6 rings (SSSR count). The lowest BCUT2D eigenvalue weighted by Crippen LogP contribution is -2.41. The number of carboxylic acid groups (broad SMARTS) is 1. The van der Waals surface area contributed by atoms with Gasteiger partial charge in [0.15, 0.2) is 23.0 Å². The highest BCUT2D eigenvalue weighted by molar-refractivity contribution is 6.21. The number of carboxylic acids is 1. The van der Waals surface area contributed by atoms with Crippen molar-refractivity contribution in [3.8, 4) is 23.0 Å². The molecule has 3 aliphatic rings. The van der Waals surface area contributed by atoms with E-state index >= 15 is 0 Å². The molecule has 208 valence electrons. The Morgan fingerprint density at radius 1 is 0.775 bits per heavy atom. The van der Waals surface area contributed by atoms with Crippen LogP contribution in [-0.4, -0.2) is 63.7 Å². The third-order valence-corrected chi connectivity index (χ3v) is 6.79. The van der Waals surface area contributed by atoms with Crippen molar-refractivity contribution in [1.29, 1.82) is 0 Å². The van der Waals surface area contributed by atoms with E-state index in [0.717, 1.165) is 4.90 Å². The topological polar surface area (TPSA) is 178 Å². The number of benzene rings is 3. The molecule has 12 nitrogen and oxygen atoms in total. The standard InChI is InChI=1S/C18H15NO5.C10H11NO5/c1-10(16(20)11-6-7-14-15(8-11)24-9-23-14)19-17(21)12-4-2-3-5-13(12)18(19)22;11-8(10(13)14)9(12)5-1-2-6-7(3-5)16-4-15-6/h2-8,10,16,20H,9H2,1H3;1-3,8-9,12H,4,11H2,(H,13,14). The maximum atomic E-state index is 12.5. The number of nitrogens with two attached hydrogens (primary N) is 1. The van der Waals surface area contributed by atoms with Crippen molar-refractivity contribution in [2.45, 2.75) is 31.2 Å². The smallest absolute Gasteiger partial charge is 0.323 e. The number of aliphatic hydroxyl groups excluding tert-OH is 2. The van der Waals surface area contributed by atoms with E-state index in [1.54, 1.807) is 61.5 Å². The zero-order chi connectivity index (χ0) is 28.6. The Labute approximate surface area is 228 Å². The van der Waals surface area contributed by atoms with E-state index < -0.39 is 30.3 Å². The van der Waals surface area contributed by atoms with Crippen molar-refractivity contribution in [2.24, 2.45) is 5.73 Å². The first-order valence-corrected chi connectivity index (χ1v) is 12.3. The predicted octanol–water partition coefficient (Wildman–Crippen LogP) is 1.99. The molecule has 0 saturated carbocycles. The lowest BCUT2D eigenvalue weighted by atomic mass is 10.0. The van der Waals surface area contributed by atoms with Gasteiger partial charge in [-0.15, -0.1) is 0 Å². The quantitative estimate of drug-likeness (QED) is 0.330. The van der Waals surface area contributed by atoms with E-state index in [-0.39, 0.29) is 25.4 Å². The Morgan fingerprint density at radius 3 is 1.70 bits per heavy atom. The van der Waals surface area contributed by atoms with Gasteiger partial charge in [0, 0.05) is 0 Å². The Bertz CT molecular complexity index is 1440. The average molecular weight is 551 g/mol. The van der Waals surface area contributed by atoms with Crippen LogP contribution in [0.2, 0.25) is 0 Å². The van der Waals surface area contributed by atoms with Crippen molar-refractivity contribution < 1.29 is 48.7 Å². The van der Waals surface area contributed by atoms with Crippen molar-refractivity contribution >= 4 is 17.8 Å². The van der Waals surface area contributed by atoms with Gasteiger partial charge in [-0.25, -0.2) is 0 Å². The lowest BCUT2D eigenvalue weighted by Gasteiger charge is -2.27. The second-order valence-corrected chi connectivity index (χ2v) is 9.25. The number of nitrogens with zero attached hydrogens (tertiary/aromatic N) is 1. The molecule has 5 N–H and O–H groups in total. The summed E-state index contributed by atoms with van der Waals surface area (Å²) in [6, 6.07) is 14.4. The van der Waals surface area contributed by atoms with Crippen LogP contribution in [0.3, 0.4) is 0 Å². The molecular weight excluding hydrogens is 524 g/mol. The highest BCUT2D eigenvalue weighted by atomic mass is 16.7. The van der Waals surface area contributed by atoms with Crippen LogP contribution in [0, 0.1) is 0 Å². The molecule has 0 fully saturated rings. The largest absolute Gasteiger partial charge is 0.480 e. The van der Waals surface area contributed by atoms with E-state index in [1.807, 2.05) is 0 Å². The van der Waals surface area contributed by atoms with Crippen molar-refractivity contribution in [2.75, 3.05) is 13.6 Å². The van der Waals surface area contributed by atoms with Crippen molar-refractivity contribution in [3.63, 3.8) is 0 Å². The minimum Gasteiger partial charge on any atom is -0.480 e. The third-order valence-electron chi connectivity index (χ3n) is 6.79. The summed E-state index contributed by atoms with van der Waals surface area (Å²) in [6.07, 6.45) is -2.30. The number of hydrogen-bond acceptors (Lipinski definition) is 10. The van der Waals surface area contributed by atoms with Crippen LogP contribution >= 0.6 is 0 Å². The Kier molecular flexibility index (Phi) is 7.30. The fourth-order valence-corrected chi connectivity index (χ4v) is 4.53. The SMILES string of the molecule is CC(C(O)c1ccc2c(c1)OCO2)N1C(=O)c2ccccc2C1=O.NC(C(=O)O)C(O)c1ccc2c(c1)OCO2. The average Bonchev–Trinajstić information content (AvgIpc) is 3.69. The summed E-state index contributed by atoms with van der Waals surface area (Å²) in [6.45, 7) is 1.92. The van der Waals surface area contributed by atoms with Crippen LogP contribution in [0.1, 0.15) is 51.0 Å². The van der Waals surface area contributed by atoms with Crippen molar-refractivity contribution in [1.82, 2.24) is 4.90 Å². The van der Waals surface area contributed by atoms with Crippen LogP contribution in [0.5, 0.6) is 23.0 Å². The maximum absolute atomic E-state index is 12.5. The predicted molar refractivity (Wildman–Crippen MR) is 137 cm³/mol. The summed E-state index contributed by atoms with van der Waals surface area (Å²) in [5, 5.41) is 29.0. The van der Waals surface area contributed by atoms with Crippen LogP contribution < -0.4 is 24.7 Å². The Morgan fingerprint density at radius 2 is 1.23 bits per heavy atom. The molecule has 3 aromatic carbocycles. The minimum absolute atomic E-state index is 0.125. The molecule has 0 saturated heterocycles. The summed E-state index contributed by atoms with van der Waals surface area (Å²) >= 11 is 0. The first-order chi connectivity index (χ1) is 19.2. The van der Waals surface area contributed by atoms with Gasteiger partial charge < -0.3 is 40.0 Å². The third kappa shape index (κ3) is 4.91. The van der Waals surface area contributed by atoms with Gasteiger partial charge in [0.25, 0.3) is 11.8 Å². The van der Waals surface area contributed by atoms with E-state index in [2.05, 4.69) is 0 Å². The molecule has 40 heavy (non-hydrogen) atoms. The number of imide groups is 1. The molecule has 0 aliphatic carbocycles. The highest BCUT2D eigenvalue weighted by Crippen LogP contribution is 2.37. The molecular formula is C28H26N2O10. The molecule has 2 amide bonds. The lowest BCUT2D eigenvalue weighted by molar-refractivity contribution is -0.141. The summed E-state index contributed by atoms with van der Waals surface area (Å²) < 4.78 is 20.8. The number of rotatable bonds is 6. The van der Waals surface area contributed by atoms with Crippen LogP contribution in [-0.2, 0) is 4.79 Å². The number of aliphatic hydroxyl groups is 2. The maximum Gasteiger partial charge on any atom is 0.323 e. The number of fused-ring (bicyclic) bond motifs is 3. The molecule has 3 heterocycles. The van der Waals surface area contributed by atoms with E-state index in [4.69, 9.17) is 29.8 Å². The number of carbonyl (C=O) groups excluding carboxylic acids is 2. The second kappa shape index (κ2) is 10.8. The molecule has 4 atom stereocenters. The number of ether oxygens (including phenoxy) is 4. The highest BCUT2D eigenvalue weighted by Gasteiger charge is 2.41. The van der Waals surface area contributed by atoms with Crippen LogP contribution in [0.25, 0.3) is 0 Å². The molecule has 3 aromatic rings. The Hall–Kier alpha value is -4.65. The summed E-state index contributed by atoms with van der Waals surface area (Å²) in [5.41, 5.74) is 7.00. The van der Waals surface area contributed by atoms with Crippen LogP contribution in [0.4, 0.5) is 0 Å². The van der Waals surface area contributed by atoms with E-state index in [9.17, 15) is 24.6 Å². The first kappa shape index (κ1) is 26.9. The van der Waals surface area contributed by atoms with Gasteiger partial charge in [-0.3, -0.25) is 19.3 Å². The van der Waals surface area contributed by atoms with Gasteiger partial charge in [-0.05, 0) is 54.4 Å². The zero-order valence-corrected chi connectivity index (χ0v) is 21.2. The van der Waals surface area contributed by atoms with Crippen LogP contribution in [0.15, 0.2) is 60.7 Å². The number of hydrogen-bond donors (Lipinski definition) is 4. The second-order valence-electron chi connectivity index (χ2n) is 9.25. The minimum atomic E-state index is -1.36. The molecule has 12 heteroatoms. The van der Waals surface area contributed by atoms with Gasteiger partial charge >= 0.3 is 5.97 Å². The summed E-state index contributed by atoms with van der Waals surface area (Å²) in [7, 11) is 0.